The number of nitrogens with zero attached hydrogens (tertiary/aromatic N) is 1. The zero-order chi connectivity index (χ0) is 16.2. The minimum Gasteiger partial charge on any atom is -0.493 e. The minimum absolute atomic E-state index is 0.210. The van der Waals surface area contributed by atoms with Crippen LogP contribution in [0.2, 0.25) is 5.02 Å². The molecule has 5 nitrogen and oxygen atoms in total. The number of halogens is 1. The van der Waals surface area contributed by atoms with Gasteiger partial charge >= 0.3 is 0 Å². The van der Waals surface area contributed by atoms with Crippen LogP contribution in [-0.2, 0) is 18.0 Å². The fourth-order valence-corrected chi connectivity index (χ4v) is 2.64. The Labute approximate surface area is 138 Å². The molecule has 2 aromatic carbocycles. The van der Waals surface area contributed by atoms with Crippen molar-refractivity contribution in [1.29, 1.82) is 5.26 Å². The smallest absolute Gasteiger partial charge is 0.189 e. The SMILES string of the molecule is COc1cc(C#N)ccc1OCc1cc(Cl)cc2c1OCOC2. The molecule has 1 aliphatic rings. The van der Waals surface area contributed by atoms with Crippen LogP contribution in [0.4, 0.5) is 0 Å². The number of ether oxygens (including phenoxy) is 4. The summed E-state index contributed by atoms with van der Waals surface area (Å²) in [4.78, 5) is 0. The second kappa shape index (κ2) is 6.78. The fourth-order valence-electron chi connectivity index (χ4n) is 2.38. The van der Waals surface area contributed by atoms with Crippen molar-refractivity contribution in [3.63, 3.8) is 0 Å². The van der Waals surface area contributed by atoms with E-state index in [2.05, 4.69) is 6.07 Å². The van der Waals surface area contributed by atoms with E-state index < -0.39 is 0 Å². The van der Waals surface area contributed by atoms with Crippen molar-refractivity contribution in [2.45, 2.75) is 13.2 Å². The number of benzene rings is 2. The van der Waals surface area contributed by atoms with Crippen LogP contribution in [0.15, 0.2) is 30.3 Å². The van der Waals surface area contributed by atoms with E-state index >= 15 is 0 Å². The van der Waals surface area contributed by atoms with Crippen molar-refractivity contribution in [3.8, 4) is 23.3 Å². The average Bonchev–Trinajstić information content (AvgIpc) is 2.59. The first-order valence-corrected chi connectivity index (χ1v) is 7.32. The summed E-state index contributed by atoms with van der Waals surface area (Å²) in [6.45, 7) is 0.941. The molecule has 0 saturated carbocycles. The molecular formula is C17H14ClNO4. The molecule has 0 atom stereocenters. The minimum atomic E-state index is 0.210. The van der Waals surface area contributed by atoms with E-state index in [4.69, 9.17) is 35.8 Å². The van der Waals surface area contributed by atoms with Crippen LogP contribution in [0.3, 0.4) is 0 Å². The van der Waals surface area contributed by atoms with Crippen molar-refractivity contribution in [3.05, 3.63) is 52.0 Å². The summed E-state index contributed by atoms with van der Waals surface area (Å²) in [5.74, 6) is 1.80. The van der Waals surface area contributed by atoms with Gasteiger partial charge in [0, 0.05) is 22.2 Å². The van der Waals surface area contributed by atoms with Gasteiger partial charge in [0.05, 0.1) is 25.3 Å². The molecule has 0 amide bonds. The largest absolute Gasteiger partial charge is 0.493 e. The summed E-state index contributed by atoms with van der Waals surface area (Å²) in [5, 5.41) is 9.53. The van der Waals surface area contributed by atoms with E-state index in [1.165, 1.54) is 7.11 Å². The molecule has 0 aliphatic carbocycles. The van der Waals surface area contributed by atoms with Gasteiger partial charge in [-0.15, -0.1) is 0 Å². The molecular weight excluding hydrogens is 318 g/mol. The van der Waals surface area contributed by atoms with E-state index in [0.29, 0.717) is 28.7 Å². The fraction of sp³-hybridized carbons (Fsp3) is 0.235. The maximum atomic E-state index is 8.93. The van der Waals surface area contributed by atoms with Gasteiger partial charge in [-0.2, -0.15) is 5.26 Å². The predicted molar refractivity (Wildman–Crippen MR) is 83.8 cm³/mol. The lowest BCUT2D eigenvalue weighted by Gasteiger charge is -2.21. The highest BCUT2D eigenvalue weighted by Crippen LogP contribution is 2.34. The van der Waals surface area contributed by atoms with Crippen LogP contribution in [0.5, 0.6) is 17.2 Å². The lowest BCUT2D eigenvalue weighted by Crippen LogP contribution is -2.14. The predicted octanol–water partition coefficient (Wildman–Crippen LogP) is 3.67. The van der Waals surface area contributed by atoms with Crippen LogP contribution in [0, 0.1) is 11.3 Å². The van der Waals surface area contributed by atoms with E-state index in [0.717, 1.165) is 16.9 Å². The summed E-state index contributed by atoms with van der Waals surface area (Å²) in [7, 11) is 1.53. The Hall–Kier alpha value is -2.42. The van der Waals surface area contributed by atoms with Crippen LogP contribution in [-0.4, -0.2) is 13.9 Å². The molecule has 1 aliphatic heterocycles. The zero-order valence-corrected chi connectivity index (χ0v) is 13.2. The first-order chi connectivity index (χ1) is 11.2. The Morgan fingerprint density at radius 2 is 2.13 bits per heavy atom. The molecule has 0 aromatic heterocycles. The Kier molecular flexibility index (Phi) is 4.56. The standard InChI is InChI=1S/C17H14ClNO4/c1-20-16-4-11(7-19)2-3-15(16)22-9-13-6-14(18)5-12-8-21-10-23-17(12)13/h2-6H,8-10H2,1H3. The van der Waals surface area contributed by atoms with Gasteiger partial charge in [0.1, 0.15) is 12.4 Å². The van der Waals surface area contributed by atoms with Crippen LogP contribution >= 0.6 is 11.6 Å². The molecule has 0 radical (unpaired) electrons. The number of rotatable bonds is 4. The molecule has 23 heavy (non-hydrogen) atoms. The van der Waals surface area contributed by atoms with Gasteiger partial charge in [0.15, 0.2) is 18.3 Å². The monoisotopic (exact) mass is 331 g/mol. The first-order valence-electron chi connectivity index (χ1n) is 6.94. The number of nitriles is 1. The van der Waals surface area contributed by atoms with Gasteiger partial charge in [0.25, 0.3) is 0 Å². The van der Waals surface area contributed by atoms with Gasteiger partial charge in [-0.3, -0.25) is 0 Å². The molecule has 0 fully saturated rings. The third-order valence-corrected chi connectivity index (χ3v) is 3.65. The molecule has 0 N–H and O–H groups in total. The first kappa shape index (κ1) is 15.5. The number of methoxy groups -OCH3 is 1. The Bertz CT molecular complexity index is 770. The van der Waals surface area contributed by atoms with Gasteiger partial charge < -0.3 is 18.9 Å². The zero-order valence-electron chi connectivity index (χ0n) is 12.5. The van der Waals surface area contributed by atoms with E-state index in [9.17, 15) is 0 Å². The van der Waals surface area contributed by atoms with Crippen molar-refractivity contribution < 1.29 is 18.9 Å². The van der Waals surface area contributed by atoms with Gasteiger partial charge in [-0.25, -0.2) is 0 Å². The molecule has 0 bridgehead atoms. The quantitative estimate of drug-likeness (QED) is 0.855. The van der Waals surface area contributed by atoms with Crippen molar-refractivity contribution in [2.24, 2.45) is 0 Å². The van der Waals surface area contributed by atoms with Crippen LogP contribution in [0.25, 0.3) is 0 Å². The summed E-state index contributed by atoms with van der Waals surface area (Å²) in [5.41, 5.74) is 2.24. The molecule has 118 valence electrons. The second-order valence-corrected chi connectivity index (χ2v) is 5.37. The molecule has 3 rings (SSSR count). The van der Waals surface area contributed by atoms with Gasteiger partial charge in [0.2, 0.25) is 0 Å². The lowest BCUT2D eigenvalue weighted by atomic mass is 10.1. The van der Waals surface area contributed by atoms with E-state index in [1.54, 1.807) is 18.2 Å². The summed E-state index contributed by atoms with van der Waals surface area (Å²) in [6.07, 6.45) is 0. The third kappa shape index (κ3) is 3.34. The van der Waals surface area contributed by atoms with Gasteiger partial charge in [-0.1, -0.05) is 11.6 Å². The van der Waals surface area contributed by atoms with Crippen molar-refractivity contribution in [1.82, 2.24) is 0 Å². The number of hydrogen-bond donors (Lipinski definition) is 0. The Balaban J connectivity index is 1.84. The van der Waals surface area contributed by atoms with Crippen LogP contribution in [0.1, 0.15) is 16.7 Å². The summed E-state index contributed by atoms with van der Waals surface area (Å²) in [6, 6.07) is 10.7. The maximum absolute atomic E-state index is 8.93. The van der Waals surface area contributed by atoms with Gasteiger partial charge in [-0.05, 0) is 24.3 Å². The average molecular weight is 332 g/mol. The van der Waals surface area contributed by atoms with Crippen molar-refractivity contribution in [2.75, 3.05) is 13.9 Å². The summed E-state index contributed by atoms with van der Waals surface area (Å²) < 4.78 is 21.9. The molecule has 6 heteroatoms. The number of hydrogen-bond acceptors (Lipinski definition) is 5. The molecule has 1 heterocycles. The molecule has 2 aromatic rings. The maximum Gasteiger partial charge on any atom is 0.189 e. The normalized spacial score (nSPS) is 12.7. The highest BCUT2D eigenvalue weighted by molar-refractivity contribution is 6.30. The molecule has 0 spiro atoms. The highest BCUT2D eigenvalue weighted by atomic mass is 35.5. The van der Waals surface area contributed by atoms with E-state index in [-0.39, 0.29) is 13.4 Å². The molecule has 0 saturated heterocycles. The second-order valence-electron chi connectivity index (χ2n) is 4.93. The Morgan fingerprint density at radius 1 is 1.26 bits per heavy atom. The van der Waals surface area contributed by atoms with Crippen LogP contribution < -0.4 is 14.2 Å². The third-order valence-electron chi connectivity index (χ3n) is 3.43. The highest BCUT2D eigenvalue weighted by Gasteiger charge is 2.17. The lowest BCUT2D eigenvalue weighted by molar-refractivity contribution is -0.0175. The van der Waals surface area contributed by atoms with Crippen molar-refractivity contribution >= 4 is 11.6 Å². The summed E-state index contributed by atoms with van der Waals surface area (Å²) >= 11 is 6.13. The Morgan fingerprint density at radius 3 is 2.91 bits per heavy atom. The topological polar surface area (TPSA) is 60.7 Å². The number of fused-ring (bicyclic) bond motifs is 1. The van der Waals surface area contributed by atoms with E-state index in [1.807, 2.05) is 12.1 Å². The molecule has 0 unspecified atom stereocenters.